The third-order valence-electron chi connectivity index (χ3n) is 4.25. The van der Waals surface area contributed by atoms with Gasteiger partial charge in [0.15, 0.2) is 0 Å². The molecule has 2 aromatic rings. The van der Waals surface area contributed by atoms with Gasteiger partial charge in [-0.15, -0.1) is 0 Å². The molecule has 21 heavy (non-hydrogen) atoms. The van der Waals surface area contributed by atoms with E-state index in [0.717, 1.165) is 12.3 Å². The second-order valence-electron chi connectivity index (χ2n) is 5.78. The Hall–Kier alpha value is -2.11. The van der Waals surface area contributed by atoms with Crippen LogP contribution in [0.1, 0.15) is 38.5 Å². The van der Waals surface area contributed by atoms with E-state index in [1.54, 1.807) is 24.3 Å². The quantitative estimate of drug-likeness (QED) is 0.872. The van der Waals surface area contributed by atoms with Crippen LogP contribution >= 0.6 is 0 Å². The van der Waals surface area contributed by atoms with Crippen molar-refractivity contribution in [1.82, 2.24) is 19.8 Å². The summed E-state index contributed by atoms with van der Waals surface area (Å²) in [6.45, 7) is 0.651. The molecule has 0 unspecified atom stereocenters. The number of nitrogens with zero attached hydrogens (tertiary/aromatic N) is 4. The van der Waals surface area contributed by atoms with Crippen molar-refractivity contribution in [2.45, 2.75) is 45.1 Å². The standard InChI is InChI=1S/C15H21N5O/c16-13-6-8-14(9-7-13)20-15(21)19(17-18-20)11-10-12-4-2-1-3-5-12/h6-9,12H,1-5,10-11,16H2. The van der Waals surface area contributed by atoms with Crippen molar-refractivity contribution < 1.29 is 0 Å². The summed E-state index contributed by atoms with van der Waals surface area (Å²) in [5, 5.41) is 7.94. The molecule has 0 radical (unpaired) electrons. The lowest BCUT2D eigenvalue weighted by atomic mass is 9.87. The van der Waals surface area contributed by atoms with E-state index in [-0.39, 0.29) is 5.69 Å². The van der Waals surface area contributed by atoms with Crippen LogP contribution in [0, 0.1) is 5.92 Å². The van der Waals surface area contributed by atoms with Gasteiger partial charge in [-0.05, 0) is 47.0 Å². The van der Waals surface area contributed by atoms with Crippen molar-refractivity contribution in [3.05, 3.63) is 34.7 Å². The lowest BCUT2D eigenvalue weighted by Crippen LogP contribution is -2.25. The Labute approximate surface area is 123 Å². The van der Waals surface area contributed by atoms with Gasteiger partial charge in [-0.2, -0.15) is 9.36 Å². The summed E-state index contributed by atoms with van der Waals surface area (Å²) < 4.78 is 2.78. The molecule has 2 N–H and O–H groups in total. The maximum absolute atomic E-state index is 12.3. The summed E-state index contributed by atoms with van der Waals surface area (Å²) in [6.07, 6.45) is 7.56. The Morgan fingerprint density at radius 3 is 2.52 bits per heavy atom. The van der Waals surface area contributed by atoms with Crippen LogP contribution in [0.2, 0.25) is 0 Å². The first-order valence-corrected chi connectivity index (χ1v) is 7.63. The highest BCUT2D eigenvalue weighted by molar-refractivity contribution is 5.44. The molecular formula is C15H21N5O. The first-order valence-electron chi connectivity index (χ1n) is 7.63. The monoisotopic (exact) mass is 287 g/mol. The number of anilines is 1. The Morgan fingerprint density at radius 1 is 1.10 bits per heavy atom. The van der Waals surface area contributed by atoms with E-state index in [4.69, 9.17) is 5.73 Å². The van der Waals surface area contributed by atoms with Crippen molar-refractivity contribution in [1.29, 1.82) is 0 Å². The number of hydrogen-bond donors (Lipinski definition) is 1. The maximum Gasteiger partial charge on any atom is 0.368 e. The maximum atomic E-state index is 12.3. The average molecular weight is 287 g/mol. The van der Waals surface area contributed by atoms with Crippen LogP contribution in [0.3, 0.4) is 0 Å². The minimum atomic E-state index is -0.185. The molecule has 112 valence electrons. The Bertz CT molecular complexity index is 637. The second kappa shape index (κ2) is 6.11. The van der Waals surface area contributed by atoms with Crippen LogP contribution in [0.15, 0.2) is 29.1 Å². The molecule has 0 amide bonds. The van der Waals surface area contributed by atoms with Gasteiger partial charge in [0.1, 0.15) is 0 Å². The van der Waals surface area contributed by atoms with E-state index in [2.05, 4.69) is 10.4 Å². The lowest BCUT2D eigenvalue weighted by molar-refractivity contribution is 0.316. The molecule has 1 fully saturated rings. The summed E-state index contributed by atoms with van der Waals surface area (Å²) in [6, 6.07) is 7.05. The number of aromatic nitrogens is 4. The number of rotatable bonds is 4. The van der Waals surface area contributed by atoms with E-state index >= 15 is 0 Å². The number of tetrazole rings is 1. The Kier molecular flexibility index (Phi) is 4.03. The lowest BCUT2D eigenvalue weighted by Gasteiger charge is -2.20. The van der Waals surface area contributed by atoms with Crippen molar-refractivity contribution in [2.75, 3.05) is 5.73 Å². The summed E-state index contributed by atoms with van der Waals surface area (Å²) in [7, 11) is 0. The molecule has 6 nitrogen and oxygen atoms in total. The Morgan fingerprint density at radius 2 is 1.81 bits per heavy atom. The molecular weight excluding hydrogens is 266 g/mol. The highest BCUT2D eigenvalue weighted by Crippen LogP contribution is 2.26. The molecule has 0 aliphatic heterocycles. The van der Waals surface area contributed by atoms with Crippen LogP contribution in [0.5, 0.6) is 0 Å². The molecule has 0 atom stereocenters. The predicted octanol–water partition coefficient (Wildman–Crippen LogP) is 1.98. The van der Waals surface area contributed by atoms with Crippen molar-refractivity contribution in [2.24, 2.45) is 5.92 Å². The number of benzene rings is 1. The topological polar surface area (TPSA) is 78.7 Å². The molecule has 1 heterocycles. The van der Waals surface area contributed by atoms with Gasteiger partial charge in [0.25, 0.3) is 0 Å². The highest BCUT2D eigenvalue weighted by Gasteiger charge is 2.15. The van der Waals surface area contributed by atoms with Gasteiger partial charge in [-0.25, -0.2) is 4.79 Å². The normalized spacial score (nSPS) is 16.2. The minimum absolute atomic E-state index is 0.185. The molecule has 0 spiro atoms. The first kappa shape index (κ1) is 13.9. The number of hydrogen-bond acceptors (Lipinski definition) is 4. The second-order valence-corrected chi connectivity index (χ2v) is 5.78. The van der Waals surface area contributed by atoms with Gasteiger partial charge in [0.05, 0.1) is 5.69 Å². The molecule has 1 aliphatic carbocycles. The SMILES string of the molecule is Nc1ccc(-n2nnn(CCC3CCCCC3)c2=O)cc1. The van der Waals surface area contributed by atoms with Crippen molar-refractivity contribution in [3.8, 4) is 5.69 Å². The molecule has 1 aromatic carbocycles. The van der Waals surface area contributed by atoms with Gasteiger partial charge in [0, 0.05) is 12.2 Å². The summed E-state index contributed by atoms with van der Waals surface area (Å²) in [4.78, 5) is 12.3. The summed E-state index contributed by atoms with van der Waals surface area (Å²) in [5.74, 6) is 0.729. The molecule has 1 saturated carbocycles. The van der Waals surface area contributed by atoms with Gasteiger partial charge < -0.3 is 5.73 Å². The fraction of sp³-hybridized carbons (Fsp3) is 0.533. The predicted molar refractivity (Wildman–Crippen MR) is 81.2 cm³/mol. The summed E-state index contributed by atoms with van der Waals surface area (Å²) in [5.41, 5.74) is 6.82. The zero-order chi connectivity index (χ0) is 14.7. The van der Waals surface area contributed by atoms with E-state index < -0.39 is 0 Å². The molecule has 0 bridgehead atoms. The fourth-order valence-corrected chi connectivity index (χ4v) is 2.97. The average Bonchev–Trinajstić information content (AvgIpc) is 2.88. The van der Waals surface area contributed by atoms with Crippen LogP contribution in [0.25, 0.3) is 5.69 Å². The van der Waals surface area contributed by atoms with Gasteiger partial charge >= 0.3 is 5.69 Å². The number of nitrogens with two attached hydrogens (primary N) is 1. The largest absolute Gasteiger partial charge is 0.399 e. The molecule has 3 rings (SSSR count). The molecule has 6 heteroatoms. The van der Waals surface area contributed by atoms with Crippen molar-refractivity contribution >= 4 is 5.69 Å². The molecule has 0 saturated heterocycles. The van der Waals surface area contributed by atoms with E-state index in [9.17, 15) is 4.79 Å². The van der Waals surface area contributed by atoms with Gasteiger partial charge in [0.2, 0.25) is 0 Å². The number of nitrogen functional groups attached to an aromatic ring is 1. The van der Waals surface area contributed by atoms with Crippen LogP contribution in [0.4, 0.5) is 5.69 Å². The van der Waals surface area contributed by atoms with Crippen LogP contribution in [-0.2, 0) is 6.54 Å². The van der Waals surface area contributed by atoms with E-state index in [1.807, 2.05) is 0 Å². The van der Waals surface area contributed by atoms with Crippen molar-refractivity contribution in [3.63, 3.8) is 0 Å². The van der Waals surface area contributed by atoms with Gasteiger partial charge in [-0.1, -0.05) is 32.1 Å². The molecule has 1 aromatic heterocycles. The third kappa shape index (κ3) is 3.15. The van der Waals surface area contributed by atoms with E-state index in [1.165, 1.54) is 41.5 Å². The molecule has 1 aliphatic rings. The van der Waals surface area contributed by atoms with E-state index in [0.29, 0.717) is 17.9 Å². The smallest absolute Gasteiger partial charge is 0.368 e. The fourth-order valence-electron chi connectivity index (χ4n) is 2.97. The highest BCUT2D eigenvalue weighted by atomic mass is 16.2. The number of aryl methyl sites for hydroxylation is 1. The zero-order valence-electron chi connectivity index (χ0n) is 12.1. The third-order valence-corrected chi connectivity index (χ3v) is 4.25. The van der Waals surface area contributed by atoms with Crippen LogP contribution in [-0.4, -0.2) is 19.8 Å². The minimum Gasteiger partial charge on any atom is -0.399 e. The Balaban J connectivity index is 1.70. The van der Waals surface area contributed by atoms with Gasteiger partial charge in [-0.3, -0.25) is 0 Å². The van der Waals surface area contributed by atoms with Crippen LogP contribution < -0.4 is 11.4 Å². The zero-order valence-corrected chi connectivity index (χ0v) is 12.1. The summed E-state index contributed by atoms with van der Waals surface area (Å²) >= 11 is 0. The first-order chi connectivity index (χ1) is 10.2.